The van der Waals surface area contributed by atoms with Crippen molar-refractivity contribution in [2.45, 2.75) is 19.9 Å². The van der Waals surface area contributed by atoms with Crippen LogP contribution in [0, 0.1) is 12.7 Å². The fourth-order valence-electron chi connectivity index (χ4n) is 2.75. The lowest BCUT2D eigenvalue weighted by Gasteiger charge is -2.24. The minimum absolute atomic E-state index is 0.0969. The Morgan fingerprint density at radius 2 is 1.78 bits per heavy atom. The highest BCUT2D eigenvalue weighted by atomic mass is 19.1. The average Bonchev–Trinajstić information content (AvgIpc) is 3.08. The third kappa shape index (κ3) is 3.81. The van der Waals surface area contributed by atoms with Crippen molar-refractivity contribution >= 4 is 5.91 Å². The van der Waals surface area contributed by atoms with Gasteiger partial charge in [-0.1, -0.05) is 12.1 Å². The number of benzene rings is 2. The Hall–Kier alpha value is -3.22. The monoisotopic (exact) mass is 368 g/mol. The Kier molecular flexibility index (Phi) is 5.21. The molecular formula is C20H21FN4O2. The lowest BCUT2D eigenvalue weighted by Crippen LogP contribution is -2.30. The molecule has 0 saturated heterocycles. The van der Waals surface area contributed by atoms with Crippen molar-refractivity contribution in [3.8, 4) is 11.4 Å². The van der Waals surface area contributed by atoms with Gasteiger partial charge in [-0.25, -0.2) is 14.1 Å². The molecular weight excluding hydrogens is 347 g/mol. The second-order valence-corrected chi connectivity index (χ2v) is 6.24. The molecule has 2 aromatic carbocycles. The second-order valence-electron chi connectivity index (χ2n) is 6.24. The Balaban J connectivity index is 1.82. The first kappa shape index (κ1) is 18.6. The van der Waals surface area contributed by atoms with Gasteiger partial charge in [0, 0.05) is 7.05 Å². The predicted octanol–water partition coefficient (Wildman–Crippen LogP) is 3.56. The summed E-state index contributed by atoms with van der Waals surface area (Å²) >= 11 is 0. The van der Waals surface area contributed by atoms with E-state index in [1.165, 1.54) is 16.8 Å². The van der Waals surface area contributed by atoms with E-state index in [0.29, 0.717) is 11.5 Å². The Morgan fingerprint density at radius 1 is 1.15 bits per heavy atom. The first-order valence-electron chi connectivity index (χ1n) is 8.51. The molecule has 1 amide bonds. The van der Waals surface area contributed by atoms with E-state index in [9.17, 15) is 9.18 Å². The van der Waals surface area contributed by atoms with Crippen molar-refractivity contribution in [3.63, 3.8) is 0 Å². The predicted molar refractivity (Wildman–Crippen MR) is 99.6 cm³/mol. The number of ether oxygens (including phenoxy) is 1. The van der Waals surface area contributed by atoms with E-state index in [1.54, 1.807) is 38.1 Å². The third-order valence-corrected chi connectivity index (χ3v) is 4.53. The molecule has 0 aliphatic carbocycles. The molecule has 7 heteroatoms. The summed E-state index contributed by atoms with van der Waals surface area (Å²) in [6.45, 7) is 3.68. The average molecular weight is 368 g/mol. The molecule has 0 N–H and O–H groups in total. The number of rotatable bonds is 5. The van der Waals surface area contributed by atoms with Crippen LogP contribution in [0.15, 0.2) is 48.5 Å². The molecule has 1 aromatic heterocycles. The molecule has 0 radical (unpaired) electrons. The summed E-state index contributed by atoms with van der Waals surface area (Å²) in [6, 6.07) is 13.3. The molecule has 3 rings (SSSR count). The summed E-state index contributed by atoms with van der Waals surface area (Å²) in [4.78, 5) is 18.7. The number of amides is 1. The van der Waals surface area contributed by atoms with Crippen molar-refractivity contribution in [2.75, 3.05) is 14.2 Å². The normalized spacial score (nSPS) is 11.9. The molecule has 1 heterocycles. The zero-order chi connectivity index (χ0) is 19.6. The molecule has 0 saturated carbocycles. The summed E-state index contributed by atoms with van der Waals surface area (Å²) in [5.41, 5.74) is 1.62. The van der Waals surface area contributed by atoms with Crippen LogP contribution in [0.4, 0.5) is 4.39 Å². The first-order valence-corrected chi connectivity index (χ1v) is 8.51. The van der Waals surface area contributed by atoms with E-state index >= 15 is 0 Å². The molecule has 0 bridgehead atoms. The lowest BCUT2D eigenvalue weighted by atomic mass is 10.1. The smallest absolute Gasteiger partial charge is 0.293 e. The summed E-state index contributed by atoms with van der Waals surface area (Å²) in [5.74, 6) is 0.786. The number of carbonyl (C=O) groups excluding carboxylic acids is 1. The van der Waals surface area contributed by atoms with Crippen LogP contribution in [0.2, 0.25) is 0 Å². The van der Waals surface area contributed by atoms with Crippen LogP contribution in [0.1, 0.15) is 35.0 Å². The Morgan fingerprint density at radius 3 is 2.37 bits per heavy atom. The summed E-state index contributed by atoms with van der Waals surface area (Å²) in [6.07, 6.45) is 0. The van der Waals surface area contributed by atoms with Crippen LogP contribution in [0.5, 0.6) is 5.75 Å². The minimum Gasteiger partial charge on any atom is -0.497 e. The maximum Gasteiger partial charge on any atom is 0.293 e. The number of aromatic nitrogens is 3. The highest BCUT2D eigenvalue weighted by Gasteiger charge is 2.23. The number of halogens is 1. The summed E-state index contributed by atoms with van der Waals surface area (Å²) < 4.78 is 19.8. The molecule has 27 heavy (non-hydrogen) atoms. The van der Waals surface area contributed by atoms with Gasteiger partial charge in [-0.2, -0.15) is 0 Å². The van der Waals surface area contributed by atoms with Crippen LogP contribution in [-0.2, 0) is 0 Å². The fraction of sp³-hybridized carbons (Fsp3) is 0.250. The maximum atomic E-state index is 13.1. The molecule has 0 unspecified atom stereocenters. The second kappa shape index (κ2) is 7.57. The molecule has 0 spiro atoms. The lowest BCUT2D eigenvalue weighted by molar-refractivity contribution is 0.0730. The van der Waals surface area contributed by atoms with E-state index in [-0.39, 0.29) is 23.6 Å². The van der Waals surface area contributed by atoms with E-state index in [2.05, 4.69) is 10.1 Å². The van der Waals surface area contributed by atoms with E-state index in [4.69, 9.17) is 4.74 Å². The number of hydrogen-bond donors (Lipinski definition) is 0. The number of methoxy groups -OCH3 is 1. The summed E-state index contributed by atoms with van der Waals surface area (Å²) in [5, 5.41) is 4.31. The van der Waals surface area contributed by atoms with Gasteiger partial charge in [0.15, 0.2) is 0 Å². The molecule has 0 aliphatic heterocycles. The van der Waals surface area contributed by atoms with E-state index < -0.39 is 0 Å². The molecule has 1 atom stereocenters. The van der Waals surface area contributed by atoms with Crippen LogP contribution >= 0.6 is 0 Å². The highest BCUT2D eigenvalue weighted by Crippen LogP contribution is 2.23. The molecule has 0 aliphatic rings. The number of aryl methyl sites for hydroxylation is 1. The van der Waals surface area contributed by atoms with Gasteiger partial charge in [-0.3, -0.25) is 4.79 Å². The van der Waals surface area contributed by atoms with Crippen molar-refractivity contribution in [1.82, 2.24) is 19.7 Å². The minimum atomic E-state index is -0.333. The van der Waals surface area contributed by atoms with Gasteiger partial charge in [0.1, 0.15) is 17.4 Å². The van der Waals surface area contributed by atoms with Crippen molar-refractivity contribution in [1.29, 1.82) is 0 Å². The number of hydrogen-bond acceptors (Lipinski definition) is 4. The largest absolute Gasteiger partial charge is 0.497 e. The van der Waals surface area contributed by atoms with Gasteiger partial charge in [0.25, 0.3) is 5.91 Å². The van der Waals surface area contributed by atoms with Crippen LogP contribution in [-0.4, -0.2) is 39.7 Å². The number of carbonyl (C=O) groups is 1. The van der Waals surface area contributed by atoms with E-state index in [0.717, 1.165) is 11.3 Å². The van der Waals surface area contributed by atoms with Gasteiger partial charge in [-0.15, -0.1) is 5.10 Å². The first-order chi connectivity index (χ1) is 12.9. The highest BCUT2D eigenvalue weighted by molar-refractivity contribution is 5.90. The van der Waals surface area contributed by atoms with Crippen molar-refractivity contribution < 1.29 is 13.9 Å². The maximum absolute atomic E-state index is 13.1. The quantitative estimate of drug-likeness (QED) is 0.691. The third-order valence-electron chi connectivity index (χ3n) is 4.53. The topological polar surface area (TPSA) is 60.2 Å². The Labute approximate surface area is 157 Å². The van der Waals surface area contributed by atoms with Gasteiger partial charge in [0.05, 0.1) is 18.8 Å². The standard InChI is InChI=1S/C20H21FN4O2/c1-13(15-5-11-18(27-4)12-6-15)24(3)20(26)19-22-14(2)25(23-19)17-9-7-16(21)8-10-17/h5-13H,1-4H3/t13-/m0/s1. The van der Waals surface area contributed by atoms with Gasteiger partial charge >= 0.3 is 0 Å². The van der Waals surface area contributed by atoms with Crippen LogP contribution in [0.3, 0.4) is 0 Å². The fourth-order valence-corrected chi connectivity index (χ4v) is 2.75. The van der Waals surface area contributed by atoms with E-state index in [1.807, 2.05) is 31.2 Å². The Bertz CT molecular complexity index is 936. The van der Waals surface area contributed by atoms with Crippen molar-refractivity contribution in [2.24, 2.45) is 0 Å². The zero-order valence-electron chi connectivity index (χ0n) is 15.7. The van der Waals surface area contributed by atoms with Crippen molar-refractivity contribution in [3.05, 3.63) is 71.6 Å². The summed E-state index contributed by atoms with van der Waals surface area (Å²) in [7, 11) is 3.32. The SMILES string of the molecule is COc1ccc([C@H](C)N(C)C(=O)c2nc(C)n(-c3ccc(F)cc3)n2)cc1. The van der Waals surface area contributed by atoms with Crippen LogP contribution < -0.4 is 4.74 Å². The van der Waals surface area contributed by atoms with Crippen LogP contribution in [0.25, 0.3) is 5.69 Å². The molecule has 0 fully saturated rings. The van der Waals surface area contributed by atoms with Gasteiger partial charge in [0.2, 0.25) is 5.82 Å². The molecule has 3 aromatic rings. The zero-order valence-corrected chi connectivity index (χ0v) is 15.7. The molecule has 140 valence electrons. The number of nitrogens with zero attached hydrogens (tertiary/aromatic N) is 4. The van der Waals surface area contributed by atoms with Gasteiger partial charge in [-0.05, 0) is 55.8 Å². The molecule has 6 nitrogen and oxygen atoms in total. The van der Waals surface area contributed by atoms with Gasteiger partial charge < -0.3 is 9.64 Å².